The second kappa shape index (κ2) is 9.32. The fourth-order valence-corrected chi connectivity index (χ4v) is 4.80. The number of hydrogen-bond donors (Lipinski definition) is 1. The van der Waals surface area contributed by atoms with Crippen LogP contribution in [-0.2, 0) is 4.79 Å². The first-order chi connectivity index (χ1) is 14.9. The largest absolute Gasteiger partial charge is 0.341 e. The first-order valence-corrected chi connectivity index (χ1v) is 11.7. The van der Waals surface area contributed by atoms with Crippen LogP contribution in [0.3, 0.4) is 0 Å². The number of nitrogens with one attached hydrogen (secondary N) is 1. The zero-order chi connectivity index (χ0) is 22.0. The van der Waals surface area contributed by atoms with E-state index in [0.717, 1.165) is 54.4 Å². The molecule has 1 atom stereocenters. The van der Waals surface area contributed by atoms with Crippen LogP contribution < -0.4 is 10.2 Å². The van der Waals surface area contributed by atoms with Crippen LogP contribution in [0.25, 0.3) is 5.69 Å². The van der Waals surface area contributed by atoms with Crippen LogP contribution >= 0.6 is 23.4 Å². The monoisotopic (exact) mass is 455 g/mol. The molecule has 0 radical (unpaired) electrons. The van der Waals surface area contributed by atoms with Crippen molar-refractivity contribution in [2.75, 3.05) is 23.3 Å². The first-order valence-electron chi connectivity index (χ1n) is 10.4. The molecular formula is C23H26ClN5OS. The van der Waals surface area contributed by atoms with Crippen molar-refractivity contribution in [3.8, 4) is 5.69 Å². The van der Waals surface area contributed by atoms with Crippen molar-refractivity contribution in [2.24, 2.45) is 0 Å². The minimum Gasteiger partial charge on any atom is -0.341 e. The SMILES string of the molecule is Cc1cccc(C)c1NC(=O)C(C)Sc1nnc(N2CCCC2)n1-c1cccc(Cl)c1. The van der Waals surface area contributed by atoms with Crippen LogP contribution in [0.1, 0.15) is 30.9 Å². The number of aryl methyl sites for hydroxylation is 2. The molecule has 162 valence electrons. The highest BCUT2D eigenvalue weighted by atomic mass is 35.5. The number of anilines is 2. The fourth-order valence-electron chi connectivity index (χ4n) is 3.75. The molecule has 1 amide bonds. The molecule has 0 spiro atoms. The van der Waals surface area contributed by atoms with Gasteiger partial charge in [0, 0.05) is 23.8 Å². The maximum Gasteiger partial charge on any atom is 0.237 e. The molecule has 0 bridgehead atoms. The Morgan fingerprint density at radius 2 is 1.77 bits per heavy atom. The molecular weight excluding hydrogens is 430 g/mol. The molecule has 3 aromatic rings. The Balaban J connectivity index is 1.61. The topological polar surface area (TPSA) is 63.1 Å². The number of carbonyl (C=O) groups is 1. The Kier molecular flexibility index (Phi) is 6.53. The standard InChI is InChI=1S/C23H26ClN5OS/c1-15-8-6-9-16(2)20(15)25-21(30)17(3)31-23-27-26-22(28-12-4-5-13-28)29(23)19-11-7-10-18(24)14-19/h6-11,14,17H,4-5,12-13H2,1-3H3,(H,25,30). The van der Waals surface area contributed by atoms with Gasteiger partial charge in [-0.25, -0.2) is 0 Å². The first kappa shape index (κ1) is 21.7. The van der Waals surface area contributed by atoms with Crippen molar-refractivity contribution in [2.45, 2.75) is 44.0 Å². The lowest BCUT2D eigenvalue weighted by molar-refractivity contribution is -0.115. The van der Waals surface area contributed by atoms with Gasteiger partial charge in [-0.2, -0.15) is 0 Å². The van der Waals surface area contributed by atoms with E-state index in [1.165, 1.54) is 11.8 Å². The zero-order valence-electron chi connectivity index (χ0n) is 17.9. The lowest BCUT2D eigenvalue weighted by atomic mass is 10.1. The molecule has 1 saturated heterocycles. The molecule has 1 N–H and O–H groups in total. The van der Waals surface area contributed by atoms with Crippen molar-refractivity contribution in [1.29, 1.82) is 0 Å². The molecule has 31 heavy (non-hydrogen) atoms. The maximum absolute atomic E-state index is 13.0. The summed E-state index contributed by atoms with van der Waals surface area (Å²) in [6, 6.07) is 13.6. The van der Waals surface area contributed by atoms with Gasteiger partial charge in [-0.3, -0.25) is 9.36 Å². The van der Waals surface area contributed by atoms with Crippen molar-refractivity contribution in [3.63, 3.8) is 0 Å². The molecule has 8 heteroatoms. The van der Waals surface area contributed by atoms with Crippen molar-refractivity contribution >= 4 is 40.9 Å². The highest BCUT2D eigenvalue weighted by Gasteiger charge is 2.25. The van der Waals surface area contributed by atoms with Crippen LogP contribution in [0.15, 0.2) is 47.6 Å². The smallest absolute Gasteiger partial charge is 0.237 e. The summed E-state index contributed by atoms with van der Waals surface area (Å²) in [4.78, 5) is 15.2. The van der Waals surface area contributed by atoms with E-state index < -0.39 is 0 Å². The Bertz CT molecular complexity index is 1070. The highest BCUT2D eigenvalue weighted by molar-refractivity contribution is 8.00. The molecule has 1 aromatic heterocycles. The van der Waals surface area contributed by atoms with Crippen LogP contribution in [-0.4, -0.2) is 39.0 Å². The second-order valence-electron chi connectivity index (χ2n) is 7.81. The molecule has 1 aliphatic rings. The predicted molar refractivity (Wildman–Crippen MR) is 128 cm³/mol. The summed E-state index contributed by atoms with van der Waals surface area (Å²) in [5.74, 6) is 0.732. The number of thioether (sulfide) groups is 1. The Hall–Kier alpha value is -2.51. The average molecular weight is 456 g/mol. The van der Waals surface area contributed by atoms with Crippen molar-refractivity contribution < 1.29 is 4.79 Å². The molecule has 1 aliphatic heterocycles. The summed E-state index contributed by atoms with van der Waals surface area (Å²) >= 11 is 7.66. The van der Waals surface area contributed by atoms with E-state index in [1.54, 1.807) is 0 Å². The molecule has 0 saturated carbocycles. The van der Waals surface area contributed by atoms with Gasteiger partial charge < -0.3 is 10.2 Å². The number of para-hydroxylation sites is 1. The lowest BCUT2D eigenvalue weighted by Crippen LogP contribution is -2.24. The Labute approximate surface area is 192 Å². The van der Waals surface area contributed by atoms with Crippen LogP contribution in [0.5, 0.6) is 0 Å². The molecule has 0 aliphatic carbocycles. The summed E-state index contributed by atoms with van der Waals surface area (Å²) in [6.45, 7) is 7.79. The number of rotatable bonds is 6. The van der Waals surface area contributed by atoms with Gasteiger partial charge in [0.05, 0.1) is 10.9 Å². The summed E-state index contributed by atoms with van der Waals surface area (Å²) < 4.78 is 2.00. The average Bonchev–Trinajstić information content (AvgIpc) is 3.40. The number of aromatic nitrogens is 3. The predicted octanol–water partition coefficient (Wildman–Crippen LogP) is 5.26. The van der Waals surface area contributed by atoms with E-state index in [-0.39, 0.29) is 11.2 Å². The van der Waals surface area contributed by atoms with Gasteiger partial charge >= 0.3 is 0 Å². The summed E-state index contributed by atoms with van der Waals surface area (Å²) in [5, 5.41) is 13.0. The van der Waals surface area contributed by atoms with Gasteiger partial charge in [-0.15, -0.1) is 10.2 Å². The zero-order valence-corrected chi connectivity index (χ0v) is 19.5. The summed E-state index contributed by atoms with van der Waals surface area (Å²) in [6.07, 6.45) is 2.28. The number of nitrogens with zero attached hydrogens (tertiary/aromatic N) is 4. The molecule has 2 heterocycles. The van der Waals surface area contributed by atoms with Crippen LogP contribution in [0.4, 0.5) is 11.6 Å². The molecule has 1 unspecified atom stereocenters. The summed E-state index contributed by atoms with van der Waals surface area (Å²) in [5.41, 5.74) is 3.85. The van der Waals surface area contributed by atoms with Gasteiger partial charge in [0.2, 0.25) is 11.9 Å². The van der Waals surface area contributed by atoms with E-state index in [0.29, 0.717) is 10.2 Å². The van der Waals surface area contributed by atoms with E-state index in [2.05, 4.69) is 20.4 Å². The molecule has 4 rings (SSSR count). The van der Waals surface area contributed by atoms with Crippen LogP contribution in [0.2, 0.25) is 5.02 Å². The minimum atomic E-state index is -0.354. The molecule has 2 aromatic carbocycles. The number of benzene rings is 2. The van der Waals surface area contributed by atoms with Crippen molar-refractivity contribution in [1.82, 2.24) is 14.8 Å². The normalized spacial score (nSPS) is 14.6. The minimum absolute atomic E-state index is 0.0641. The highest BCUT2D eigenvalue weighted by Crippen LogP contribution is 2.32. The van der Waals surface area contributed by atoms with E-state index in [9.17, 15) is 4.79 Å². The van der Waals surface area contributed by atoms with E-state index in [4.69, 9.17) is 11.6 Å². The molecule has 1 fully saturated rings. The van der Waals surface area contributed by atoms with Gasteiger partial charge in [0.1, 0.15) is 0 Å². The number of amides is 1. The molecule has 6 nitrogen and oxygen atoms in total. The lowest BCUT2D eigenvalue weighted by Gasteiger charge is -2.19. The Morgan fingerprint density at radius 1 is 1.10 bits per heavy atom. The van der Waals surface area contributed by atoms with Gasteiger partial charge in [-0.1, -0.05) is 47.6 Å². The van der Waals surface area contributed by atoms with Crippen molar-refractivity contribution in [3.05, 3.63) is 58.6 Å². The van der Waals surface area contributed by atoms with E-state index in [1.807, 2.05) is 67.8 Å². The quantitative estimate of drug-likeness (QED) is 0.514. The number of halogens is 1. The van der Waals surface area contributed by atoms with E-state index >= 15 is 0 Å². The Morgan fingerprint density at radius 3 is 2.45 bits per heavy atom. The third-order valence-electron chi connectivity index (χ3n) is 5.45. The third kappa shape index (κ3) is 4.72. The summed E-state index contributed by atoms with van der Waals surface area (Å²) in [7, 11) is 0. The van der Waals surface area contributed by atoms with Gasteiger partial charge in [-0.05, 0) is 62.9 Å². The van der Waals surface area contributed by atoms with Gasteiger partial charge in [0.15, 0.2) is 5.16 Å². The number of carbonyl (C=O) groups excluding carboxylic acids is 1. The van der Waals surface area contributed by atoms with Crippen LogP contribution in [0, 0.1) is 13.8 Å². The maximum atomic E-state index is 13.0. The second-order valence-corrected chi connectivity index (χ2v) is 9.55. The fraction of sp³-hybridized carbons (Fsp3) is 0.348. The third-order valence-corrected chi connectivity index (χ3v) is 6.73. The number of hydrogen-bond acceptors (Lipinski definition) is 5. The van der Waals surface area contributed by atoms with Gasteiger partial charge in [0.25, 0.3) is 0 Å².